The lowest BCUT2D eigenvalue weighted by molar-refractivity contribution is 0.316. The van der Waals surface area contributed by atoms with E-state index in [4.69, 9.17) is 0 Å². The predicted molar refractivity (Wildman–Crippen MR) is 49.7 cm³/mol. The van der Waals surface area contributed by atoms with Gasteiger partial charge in [-0.05, 0) is 25.4 Å². The number of hydrogen-bond donors (Lipinski definition) is 1. The molecule has 1 heterocycles. The first kappa shape index (κ1) is 9.05. The number of rotatable bonds is 6. The maximum absolute atomic E-state index is 3.31. The van der Waals surface area contributed by atoms with Crippen LogP contribution in [0.15, 0.2) is 0 Å². The topological polar surface area (TPSA) is 12.0 Å². The second kappa shape index (κ2) is 5.59. The Morgan fingerprint density at radius 1 is 1.09 bits per heavy atom. The molecule has 0 aromatic rings. The molecule has 0 radical (unpaired) electrons. The van der Waals surface area contributed by atoms with Crippen LogP contribution in [0, 0.1) is 5.92 Å². The summed E-state index contributed by atoms with van der Waals surface area (Å²) in [4.78, 5) is 0. The molecule has 11 heavy (non-hydrogen) atoms. The second-order valence-corrected chi connectivity index (χ2v) is 3.73. The third-order valence-electron chi connectivity index (χ3n) is 2.58. The van der Waals surface area contributed by atoms with E-state index in [2.05, 4.69) is 12.2 Å². The van der Waals surface area contributed by atoms with Crippen LogP contribution >= 0.6 is 0 Å². The van der Waals surface area contributed by atoms with E-state index in [-0.39, 0.29) is 0 Å². The van der Waals surface area contributed by atoms with Crippen molar-refractivity contribution in [2.75, 3.05) is 13.1 Å². The fraction of sp³-hybridized carbons (Fsp3) is 1.00. The number of nitrogens with one attached hydrogen (secondary N) is 1. The largest absolute Gasteiger partial charge is 0.316 e. The predicted octanol–water partition coefficient (Wildman–Crippen LogP) is 2.57. The SMILES string of the molecule is CCCCCCCC1CNC1. The third kappa shape index (κ3) is 3.76. The van der Waals surface area contributed by atoms with E-state index >= 15 is 0 Å². The molecule has 0 unspecified atom stereocenters. The van der Waals surface area contributed by atoms with Crippen LogP contribution in [0.3, 0.4) is 0 Å². The molecule has 0 amide bonds. The molecular formula is C10H21N. The van der Waals surface area contributed by atoms with E-state index in [9.17, 15) is 0 Å². The van der Waals surface area contributed by atoms with Gasteiger partial charge in [0, 0.05) is 0 Å². The quantitative estimate of drug-likeness (QED) is 0.581. The Kier molecular flexibility index (Phi) is 4.60. The Morgan fingerprint density at radius 3 is 2.36 bits per heavy atom. The van der Waals surface area contributed by atoms with E-state index < -0.39 is 0 Å². The standard InChI is InChI=1S/C10H21N/c1-2-3-4-5-6-7-10-8-11-9-10/h10-11H,2-9H2,1H3. The molecule has 1 nitrogen and oxygen atoms in total. The molecule has 1 saturated heterocycles. The van der Waals surface area contributed by atoms with Crippen molar-refractivity contribution >= 4 is 0 Å². The van der Waals surface area contributed by atoms with E-state index in [1.165, 1.54) is 51.6 Å². The highest BCUT2D eigenvalue weighted by Crippen LogP contribution is 2.14. The summed E-state index contributed by atoms with van der Waals surface area (Å²) in [6, 6.07) is 0. The number of hydrogen-bond acceptors (Lipinski definition) is 1. The molecule has 0 spiro atoms. The van der Waals surface area contributed by atoms with Gasteiger partial charge in [-0.1, -0.05) is 39.0 Å². The second-order valence-electron chi connectivity index (χ2n) is 3.73. The minimum absolute atomic E-state index is 1.02. The van der Waals surface area contributed by atoms with Gasteiger partial charge in [-0.2, -0.15) is 0 Å². The lowest BCUT2D eigenvalue weighted by Gasteiger charge is -2.26. The molecule has 1 heteroatoms. The van der Waals surface area contributed by atoms with Gasteiger partial charge in [0.25, 0.3) is 0 Å². The highest BCUT2D eigenvalue weighted by molar-refractivity contribution is 4.73. The minimum atomic E-state index is 1.02. The minimum Gasteiger partial charge on any atom is -0.316 e. The van der Waals surface area contributed by atoms with Crippen molar-refractivity contribution in [1.29, 1.82) is 0 Å². The lowest BCUT2D eigenvalue weighted by atomic mass is 9.96. The Bertz CT molecular complexity index is 86.9. The van der Waals surface area contributed by atoms with Gasteiger partial charge in [-0.25, -0.2) is 0 Å². The highest BCUT2D eigenvalue weighted by Gasteiger charge is 2.14. The van der Waals surface area contributed by atoms with E-state index in [0.717, 1.165) is 5.92 Å². The van der Waals surface area contributed by atoms with Crippen LogP contribution < -0.4 is 5.32 Å². The van der Waals surface area contributed by atoms with Crippen LogP contribution in [0.25, 0.3) is 0 Å². The fourth-order valence-electron chi connectivity index (χ4n) is 1.59. The van der Waals surface area contributed by atoms with Crippen molar-refractivity contribution < 1.29 is 0 Å². The molecule has 0 aromatic heterocycles. The first-order valence-corrected chi connectivity index (χ1v) is 5.14. The molecule has 66 valence electrons. The van der Waals surface area contributed by atoms with Crippen LogP contribution in [-0.2, 0) is 0 Å². The summed E-state index contributed by atoms with van der Waals surface area (Å²) in [5, 5.41) is 3.31. The third-order valence-corrected chi connectivity index (χ3v) is 2.58. The van der Waals surface area contributed by atoms with Crippen molar-refractivity contribution in [3.63, 3.8) is 0 Å². The van der Waals surface area contributed by atoms with E-state index in [1.54, 1.807) is 0 Å². The van der Waals surface area contributed by atoms with Crippen LogP contribution in [0.2, 0.25) is 0 Å². The first-order valence-electron chi connectivity index (χ1n) is 5.14. The summed E-state index contributed by atoms with van der Waals surface area (Å²) in [5.41, 5.74) is 0. The zero-order valence-corrected chi connectivity index (χ0v) is 7.73. The van der Waals surface area contributed by atoms with Gasteiger partial charge in [-0.15, -0.1) is 0 Å². The van der Waals surface area contributed by atoms with E-state index in [0.29, 0.717) is 0 Å². The van der Waals surface area contributed by atoms with Gasteiger partial charge in [-0.3, -0.25) is 0 Å². The molecule has 0 atom stereocenters. The van der Waals surface area contributed by atoms with Crippen LogP contribution in [0.1, 0.15) is 45.4 Å². The molecule has 0 aliphatic carbocycles. The molecule has 1 aliphatic rings. The van der Waals surface area contributed by atoms with Crippen molar-refractivity contribution in [3.8, 4) is 0 Å². The van der Waals surface area contributed by atoms with Gasteiger partial charge >= 0.3 is 0 Å². The van der Waals surface area contributed by atoms with Gasteiger partial charge < -0.3 is 5.32 Å². The monoisotopic (exact) mass is 155 g/mol. The van der Waals surface area contributed by atoms with Crippen LogP contribution in [-0.4, -0.2) is 13.1 Å². The van der Waals surface area contributed by atoms with Crippen LogP contribution in [0.4, 0.5) is 0 Å². The average Bonchev–Trinajstić information content (AvgIpc) is 1.93. The van der Waals surface area contributed by atoms with Crippen molar-refractivity contribution in [1.82, 2.24) is 5.32 Å². The summed E-state index contributed by atoms with van der Waals surface area (Å²) in [6.45, 7) is 4.84. The summed E-state index contributed by atoms with van der Waals surface area (Å²) in [7, 11) is 0. The Hall–Kier alpha value is -0.0400. The molecule has 0 bridgehead atoms. The van der Waals surface area contributed by atoms with Gasteiger partial charge in [0.2, 0.25) is 0 Å². The zero-order chi connectivity index (χ0) is 7.94. The molecule has 1 N–H and O–H groups in total. The zero-order valence-electron chi connectivity index (χ0n) is 7.73. The van der Waals surface area contributed by atoms with Crippen molar-refractivity contribution in [3.05, 3.63) is 0 Å². The van der Waals surface area contributed by atoms with Crippen LogP contribution in [0.5, 0.6) is 0 Å². The highest BCUT2D eigenvalue weighted by atomic mass is 14.9. The van der Waals surface area contributed by atoms with Crippen molar-refractivity contribution in [2.45, 2.75) is 45.4 Å². The molecule has 0 aromatic carbocycles. The lowest BCUT2D eigenvalue weighted by Crippen LogP contribution is -2.41. The van der Waals surface area contributed by atoms with Crippen molar-refractivity contribution in [2.24, 2.45) is 5.92 Å². The smallest absolute Gasteiger partial charge is 0.000826 e. The Labute approximate surface area is 70.6 Å². The summed E-state index contributed by atoms with van der Waals surface area (Å²) < 4.78 is 0. The molecule has 0 saturated carbocycles. The van der Waals surface area contributed by atoms with Gasteiger partial charge in [0.1, 0.15) is 0 Å². The Morgan fingerprint density at radius 2 is 1.82 bits per heavy atom. The average molecular weight is 155 g/mol. The summed E-state index contributed by atoms with van der Waals surface area (Å²) in [6.07, 6.45) is 8.65. The molecule has 1 fully saturated rings. The molecule has 1 rings (SSSR count). The fourth-order valence-corrected chi connectivity index (χ4v) is 1.59. The van der Waals surface area contributed by atoms with Gasteiger partial charge in [0.05, 0.1) is 0 Å². The summed E-state index contributed by atoms with van der Waals surface area (Å²) >= 11 is 0. The first-order chi connectivity index (χ1) is 5.43. The Balaban J connectivity index is 1.73. The maximum atomic E-state index is 3.31. The maximum Gasteiger partial charge on any atom is -0.000826 e. The summed E-state index contributed by atoms with van der Waals surface area (Å²) in [5.74, 6) is 1.02. The number of unbranched alkanes of at least 4 members (excludes halogenated alkanes) is 4. The molecular weight excluding hydrogens is 134 g/mol. The molecule has 1 aliphatic heterocycles. The van der Waals surface area contributed by atoms with E-state index in [1.807, 2.05) is 0 Å². The normalized spacial score (nSPS) is 18.3. The van der Waals surface area contributed by atoms with Gasteiger partial charge in [0.15, 0.2) is 0 Å².